The van der Waals surface area contributed by atoms with Crippen LogP contribution in [-0.2, 0) is 0 Å². The summed E-state index contributed by atoms with van der Waals surface area (Å²) in [7, 11) is 0. The zero-order valence-corrected chi connectivity index (χ0v) is 18.9. The van der Waals surface area contributed by atoms with Crippen LogP contribution in [0.15, 0.2) is 45.6 Å². The molecule has 1 aliphatic heterocycles. The molecule has 1 saturated heterocycles. The SMILES string of the molecule is CCN(c1ccccc1C(=O)O)c1cc(F)cc2c(=O)c(C)c(N3CCC4(CC3)CC4)oc12. The Bertz CT molecular complexity index is 1300. The number of para-hydroxylation sites is 1. The average molecular weight is 451 g/mol. The van der Waals surface area contributed by atoms with E-state index < -0.39 is 11.8 Å². The molecule has 0 unspecified atom stereocenters. The van der Waals surface area contributed by atoms with Crippen molar-refractivity contribution in [3.8, 4) is 0 Å². The van der Waals surface area contributed by atoms with Gasteiger partial charge in [0.25, 0.3) is 0 Å². The highest BCUT2D eigenvalue weighted by Gasteiger charge is 2.45. The van der Waals surface area contributed by atoms with E-state index in [9.17, 15) is 19.1 Å². The summed E-state index contributed by atoms with van der Waals surface area (Å²) >= 11 is 0. The molecule has 0 radical (unpaired) electrons. The molecule has 1 saturated carbocycles. The minimum atomic E-state index is -1.08. The van der Waals surface area contributed by atoms with Crippen molar-refractivity contribution in [2.75, 3.05) is 29.4 Å². The van der Waals surface area contributed by atoms with Crippen molar-refractivity contribution in [2.24, 2.45) is 5.41 Å². The molecule has 1 aliphatic carbocycles. The van der Waals surface area contributed by atoms with Gasteiger partial charge in [-0.25, -0.2) is 9.18 Å². The van der Waals surface area contributed by atoms with Gasteiger partial charge in [-0.2, -0.15) is 0 Å². The molecule has 1 N–H and O–H groups in total. The minimum Gasteiger partial charge on any atom is -0.478 e. The summed E-state index contributed by atoms with van der Waals surface area (Å²) in [6, 6.07) is 9.08. The summed E-state index contributed by atoms with van der Waals surface area (Å²) in [5.74, 6) is -1.12. The average Bonchev–Trinajstić information content (AvgIpc) is 3.57. The molecule has 3 aromatic rings. The van der Waals surface area contributed by atoms with Gasteiger partial charge in [-0.05, 0) is 63.1 Å². The number of carbonyl (C=O) groups is 1. The summed E-state index contributed by atoms with van der Waals surface area (Å²) < 4.78 is 21.1. The molecule has 0 bridgehead atoms. The summed E-state index contributed by atoms with van der Waals surface area (Å²) in [6.07, 6.45) is 4.72. The van der Waals surface area contributed by atoms with Crippen LogP contribution >= 0.6 is 0 Å². The van der Waals surface area contributed by atoms with E-state index in [2.05, 4.69) is 4.90 Å². The number of benzene rings is 2. The number of halogens is 1. The van der Waals surface area contributed by atoms with Gasteiger partial charge in [0, 0.05) is 25.7 Å². The number of nitrogens with zero attached hydrogens (tertiary/aromatic N) is 2. The Hall–Kier alpha value is -3.35. The number of aromatic carboxylic acids is 1. The molecule has 2 aliphatic rings. The van der Waals surface area contributed by atoms with Crippen LogP contribution in [-0.4, -0.2) is 30.7 Å². The van der Waals surface area contributed by atoms with Gasteiger partial charge in [0.15, 0.2) is 11.0 Å². The van der Waals surface area contributed by atoms with Crippen molar-refractivity contribution < 1.29 is 18.7 Å². The van der Waals surface area contributed by atoms with Gasteiger partial charge in [-0.1, -0.05) is 12.1 Å². The van der Waals surface area contributed by atoms with Gasteiger partial charge in [0.1, 0.15) is 5.82 Å². The smallest absolute Gasteiger partial charge is 0.337 e. The largest absolute Gasteiger partial charge is 0.478 e. The van der Waals surface area contributed by atoms with Crippen LogP contribution in [0.3, 0.4) is 0 Å². The normalized spacial score (nSPS) is 16.9. The number of carboxylic acid groups (broad SMARTS) is 1. The summed E-state index contributed by atoms with van der Waals surface area (Å²) in [5, 5.41) is 9.85. The third kappa shape index (κ3) is 3.65. The molecule has 2 fully saturated rings. The second-order valence-electron chi connectivity index (χ2n) is 9.22. The Kier molecular flexibility index (Phi) is 5.15. The lowest BCUT2D eigenvalue weighted by Gasteiger charge is -2.33. The zero-order chi connectivity index (χ0) is 23.3. The molecular weight excluding hydrogens is 423 g/mol. The van der Waals surface area contributed by atoms with Crippen molar-refractivity contribution in [3.63, 3.8) is 0 Å². The predicted octanol–water partition coefficient (Wildman–Crippen LogP) is 5.48. The van der Waals surface area contributed by atoms with Gasteiger partial charge in [-0.15, -0.1) is 0 Å². The van der Waals surface area contributed by atoms with E-state index in [4.69, 9.17) is 4.42 Å². The van der Waals surface area contributed by atoms with Crippen LogP contribution in [0.2, 0.25) is 0 Å². The first-order chi connectivity index (χ1) is 15.8. The molecule has 33 heavy (non-hydrogen) atoms. The fourth-order valence-electron chi connectivity index (χ4n) is 5.05. The highest BCUT2D eigenvalue weighted by atomic mass is 19.1. The van der Waals surface area contributed by atoms with Crippen LogP contribution in [0, 0.1) is 18.2 Å². The fourth-order valence-corrected chi connectivity index (χ4v) is 5.05. The molecule has 1 spiro atoms. The Labute approximate surface area is 191 Å². The Morgan fingerprint density at radius 3 is 2.48 bits per heavy atom. The van der Waals surface area contributed by atoms with E-state index in [1.54, 1.807) is 30.0 Å². The number of piperidine rings is 1. The fraction of sp³-hybridized carbons (Fsp3) is 0.385. The van der Waals surface area contributed by atoms with Crippen molar-refractivity contribution in [3.05, 3.63) is 63.6 Å². The number of hydrogen-bond acceptors (Lipinski definition) is 5. The Morgan fingerprint density at radius 2 is 1.85 bits per heavy atom. The van der Waals surface area contributed by atoms with Gasteiger partial charge >= 0.3 is 5.97 Å². The zero-order valence-electron chi connectivity index (χ0n) is 18.9. The maximum atomic E-state index is 14.7. The number of rotatable bonds is 5. The first kappa shape index (κ1) is 21.5. The van der Waals surface area contributed by atoms with E-state index in [0.717, 1.165) is 25.9 Å². The van der Waals surface area contributed by atoms with Gasteiger partial charge in [-0.3, -0.25) is 4.79 Å². The lowest BCUT2D eigenvalue weighted by Crippen LogP contribution is -2.35. The van der Waals surface area contributed by atoms with E-state index >= 15 is 0 Å². The molecule has 6 nitrogen and oxygen atoms in total. The van der Waals surface area contributed by atoms with Crippen LogP contribution in [0.5, 0.6) is 0 Å². The lowest BCUT2D eigenvalue weighted by atomic mass is 9.93. The quantitative estimate of drug-likeness (QED) is 0.555. The monoisotopic (exact) mass is 450 g/mol. The van der Waals surface area contributed by atoms with Crippen molar-refractivity contribution in [1.82, 2.24) is 0 Å². The van der Waals surface area contributed by atoms with E-state index in [0.29, 0.717) is 34.8 Å². The third-order valence-electron chi connectivity index (χ3n) is 7.24. The minimum absolute atomic E-state index is 0.0946. The van der Waals surface area contributed by atoms with Crippen LogP contribution < -0.4 is 15.2 Å². The first-order valence-corrected chi connectivity index (χ1v) is 11.5. The second-order valence-corrected chi connectivity index (χ2v) is 9.22. The van der Waals surface area contributed by atoms with Crippen LogP contribution in [0.25, 0.3) is 11.0 Å². The summed E-state index contributed by atoms with van der Waals surface area (Å²) in [5.41, 5.74) is 1.82. The molecule has 0 amide bonds. The molecule has 5 rings (SSSR count). The van der Waals surface area contributed by atoms with Crippen LogP contribution in [0.4, 0.5) is 21.6 Å². The van der Waals surface area contributed by atoms with Gasteiger partial charge in [0.05, 0.1) is 27.9 Å². The molecule has 7 heteroatoms. The van der Waals surface area contributed by atoms with Crippen molar-refractivity contribution in [2.45, 2.75) is 39.5 Å². The maximum Gasteiger partial charge on any atom is 0.337 e. The second kappa shape index (κ2) is 7.90. The predicted molar refractivity (Wildman–Crippen MR) is 126 cm³/mol. The standard InChI is InChI=1S/C26H27FN2O4/c1-3-29(20-7-5-4-6-18(20)25(31)32)21-15-17(27)14-19-22(30)16(2)24(33-23(19)21)28-12-10-26(8-9-26)11-13-28/h4-7,14-15H,3,8-13H2,1-2H3,(H,31,32). The molecule has 172 valence electrons. The van der Waals surface area contributed by atoms with E-state index in [-0.39, 0.29) is 22.0 Å². The topological polar surface area (TPSA) is 74.0 Å². The Balaban J connectivity index is 1.68. The summed E-state index contributed by atoms with van der Waals surface area (Å²) in [4.78, 5) is 28.9. The highest BCUT2D eigenvalue weighted by Crippen LogP contribution is 2.54. The van der Waals surface area contributed by atoms with E-state index in [1.165, 1.54) is 31.0 Å². The molecule has 1 aromatic heterocycles. The van der Waals surface area contributed by atoms with E-state index in [1.807, 2.05) is 6.92 Å². The number of carboxylic acids is 1. The number of anilines is 3. The lowest BCUT2D eigenvalue weighted by molar-refractivity contribution is 0.0697. The number of hydrogen-bond donors (Lipinski definition) is 1. The first-order valence-electron chi connectivity index (χ1n) is 11.5. The number of fused-ring (bicyclic) bond motifs is 1. The van der Waals surface area contributed by atoms with Gasteiger partial charge < -0.3 is 19.3 Å². The molecule has 2 heterocycles. The Morgan fingerprint density at radius 1 is 1.15 bits per heavy atom. The highest BCUT2D eigenvalue weighted by molar-refractivity contribution is 5.99. The van der Waals surface area contributed by atoms with Gasteiger partial charge in [0.2, 0.25) is 5.88 Å². The summed E-state index contributed by atoms with van der Waals surface area (Å²) in [6.45, 7) is 5.59. The van der Waals surface area contributed by atoms with Crippen molar-refractivity contribution >= 4 is 34.2 Å². The van der Waals surface area contributed by atoms with Crippen LogP contribution in [0.1, 0.15) is 48.5 Å². The maximum absolute atomic E-state index is 14.7. The molecule has 0 atom stereocenters. The van der Waals surface area contributed by atoms with Crippen molar-refractivity contribution in [1.29, 1.82) is 0 Å². The third-order valence-corrected chi connectivity index (χ3v) is 7.24. The molecular formula is C26H27FN2O4. The molecule has 2 aromatic carbocycles.